The van der Waals surface area contributed by atoms with E-state index in [9.17, 15) is 9.18 Å². The molecule has 0 radical (unpaired) electrons. The van der Waals surface area contributed by atoms with E-state index in [0.29, 0.717) is 36.7 Å². The number of fused-ring (bicyclic) bond motifs is 1. The van der Waals surface area contributed by atoms with Gasteiger partial charge in [-0.3, -0.25) is 4.79 Å². The van der Waals surface area contributed by atoms with E-state index in [0.717, 1.165) is 22.0 Å². The van der Waals surface area contributed by atoms with Crippen LogP contribution in [0.15, 0.2) is 66.9 Å². The first-order valence-corrected chi connectivity index (χ1v) is 11.3. The lowest BCUT2D eigenvalue weighted by Gasteiger charge is -2.15. The summed E-state index contributed by atoms with van der Waals surface area (Å²) in [6.07, 6.45) is 2.08. The third kappa shape index (κ3) is 6.07. The first-order valence-electron chi connectivity index (χ1n) is 11.3. The van der Waals surface area contributed by atoms with Crippen LogP contribution < -0.4 is 10.6 Å². The van der Waals surface area contributed by atoms with Gasteiger partial charge in [0.25, 0.3) is 5.91 Å². The molecule has 4 rings (SSSR count). The molecule has 2 aromatic carbocycles. The Bertz CT molecular complexity index is 1280. The Labute approximate surface area is 202 Å². The molecule has 0 unspecified atom stereocenters. The number of halogens is 1. The number of hydrogen-bond acceptors (Lipinski definition) is 7. The molecule has 0 saturated heterocycles. The van der Waals surface area contributed by atoms with Gasteiger partial charge in [0.2, 0.25) is 0 Å². The smallest absolute Gasteiger partial charge is 0.255 e. The van der Waals surface area contributed by atoms with Gasteiger partial charge in [-0.1, -0.05) is 36.4 Å². The van der Waals surface area contributed by atoms with Gasteiger partial charge in [0.15, 0.2) is 5.82 Å². The fourth-order valence-corrected chi connectivity index (χ4v) is 3.68. The van der Waals surface area contributed by atoms with Crippen molar-refractivity contribution in [3.63, 3.8) is 0 Å². The van der Waals surface area contributed by atoms with Gasteiger partial charge in [-0.15, -0.1) is 5.10 Å². The quantitative estimate of drug-likeness (QED) is 0.303. The second kappa shape index (κ2) is 11.3. The highest BCUT2D eigenvalue weighted by Gasteiger charge is 2.12. The molecule has 35 heavy (non-hydrogen) atoms. The molecule has 0 spiro atoms. The van der Waals surface area contributed by atoms with Crippen LogP contribution in [0, 0.1) is 5.82 Å². The van der Waals surface area contributed by atoms with Crippen molar-refractivity contribution in [2.45, 2.75) is 6.42 Å². The van der Waals surface area contributed by atoms with E-state index in [2.05, 4.69) is 25.8 Å². The first kappa shape index (κ1) is 24.0. The summed E-state index contributed by atoms with van der Waals surface area (Å²) in [5.41, 5.74) is 2.27. The lowest BCUT2D eigenvalue weighted by Crippen LogP contribution is -2.29. The van der Waals surface area contributed by atoms with E-state index >= 15 is 0 Å². The van der Waals surface area contributed by atoms with E-state index in [4.69, 9.17) is 5.11 Å². The first-order chi connectivity index (χ1) is 17.0. The standard InChI is InChI=1S/C26H27FN6O2/c1-33(14-15-34)26(35)19-8-11-24(30-17-19)28-12-13-29-25-22-5-3-2-4-21(22)23(31-32-25)16-18-6-9-20(27)10-7-18/h2-11,17,34H,12-16H2,1H3,(H,28,30)(H,29,32). The molecule has 0 atom stereocenters. The monoisotopic (exact) mass is 474 g/mol. The van der Waals surface area contributed by atoms with E-state index < -0.39 is 0 Å². The van der Waals surface area contributed by atoms with E-state index in [1.165, 1.54) is 23.2 Å². The largest absolute Gasteiger partial charge is 0.395 e. The number of rotatable bonds is 10. The van der Waals surface area contributed by atoms with Gasteiger partial charge in [-0.2, -0.15) is 5.10 Å². The zero-order valence-electron chi connectivity index (χ0n) is 19.4. The third-order valence-electron chi connectivity index (χ3n) is 5.56. The number of aliphatic hydroxyl groups is 1. The van der Waals surface area contributed by atoms with Crippen LogP contribution in [0.25, 0.3) is 10.8 Å². The number of pyridine rings is 1. The average Bonchev–Trinajstić information content (AvgIpc) is 2.89. The van der Waals surface area contributed by atoms with Crippen LogP contribution >= 0.6 is 0 Å². The summed E-state index contributed by atoms with van der Waals surface area (Å²) in [7, 11) is 1.64. The molecule has 0 fully saturated rings. The Morgan fingerprint density at radius 2 is 1.71 bits per heavy atom. The maximum atomic E-state index is 13.2. The Morgan fingerprint density at radius 1 is 0.971 bits per heavy atom. The molecule has 9 heteroatoms. The highest BCUT2D eigenvalue weighted by atomic mass is 19.1. The van der Waals surface area contributed by atoms with Gasteiger partial charge in [-0.05, 0) is 29.8 Å². The van der Waals surface area contributed by atoms with Gasteiger partial charge in [-0.25, -0.2) is 9.37 Å². The van der Waals surface area contributed by atoms with Crippen molar-refractivity contribution >= 4 is 28.3 Å². The number of aliphatic hydroxyl groups excluding tert-OH is 1. The van der Waals surface area contributed by atoms with E-state index in [1.54, 1.807) is 31.3 Å². The van der Waals surface area contributed by atoms with Crippen molar-refractivity contribution in [3.05, 3.63) is 89.5 Å². The highest BCUT2D eigenvalue weighted by Crippen LogP contribution is 2.24. The Balaban J connectivity index is 1.36. The second-order valence-electron chi connectivity index (χ2n) is 8.08. The van der Waals surface area contributed by atoms with Crippen LogP contribution in [0.5, 0.6) is 0 Å². The molecule has 0 aliphatic carbocycles. The van der Waals surface area contributed by atoms with Gasteiger partial charge < -0.3 is 20.6 Å². The number of carbonyl (C=O) groups excluding carboxylic acids is 1. The fraction of sp³-hybridized carbons (Fsp3) is 0.231. The predicted molar refractivity (Wildman–Crippen MR) is 134 cm³/mol. The molecule has 4 aromatic rings. The minimum atomic E-state index is -0.261. The summed E-state index contributed by atoms with van der Waals surface area (Å²) in [4.78, 5) is 18.0. The molecule has 180 valence electrons. The Kier molecular flexibility index (Phi) is 7.79. The van der Waals surface area contributed by atoms with Gasteiger partial charge in [0.1, 0.15) is 11.6 Å². The second-order valence-corrected chi connectivity index (χ2v) is 8.08. The maximum absolute atomic E-state index is 13.2. The summed E-state index contributed by atoms with van der Waals surface area (Å²) < 4.78 is 13.2. The molecule has 0 saturated carbocycles. The number of amides is 1. The van der Waals surface area contributed by atoms with Crippen molar-refractivity contribution in [1.29, 1.82) is 0 Å². The Morgan fingerprint density at radius 3 is 2.43 bits per heavy atom. The molecule has 0 aliphatic rings. The summed E-state index contributed by atoms with van der Waals surface area (Å²) in [6.45, 7) is 1.35. The number of carbonyl (C=O) groups is 1. The van der Waals surface area contributed by atoms with Crippen molar-refractivity contribution < 1.29 is 14.3 Å². The number of likely N-dealkylation sites (N-methyl/N-ethyl adjacent to an activating group) is 1. The number of nitrogens with one attached hydrogen (secondary N) is 2. The zero-order valence-corrected chi connectivity index (χ0v) is 19.4. The molecule has 0 aliphatic heterocycles. The summed E-state index contributed by atoms with van der Waals surface area (Å²) >= 11 is 0. The molecule has 0 bridgehead atoms. The van der Waals surface area contributed by atoms with Crippen molar-refractivity contribution in [1.82, 2.24) is 20.1 Å². The summed E-state index contributed by atoms with van der Waals surface area (Å²) in [5, 5.41) is 26.3. The molecular formula is C26H27FN6O2. The molecule has 1 amide bonds. The number of aromatic nitrogens is 3. The lowest BCUT2D eigenvalue weighted by atomic mass is 10.0. The van der Waals surface area contributed by atoms with Crippen molar-refractivity contribution in [2.75, 3.05) is 43.9 Å². The number of nitrogens with zero attached hydrogens (tertiary/aromatic N) is 4. The van der Waals surface area contributed by atoms with Gasteiger partial charge in [0.05, 0.1) is 17.9 Å². The maximum Gasteiger partial charge on any atom is 0.255 e. The molecule has 2 aromatic heterocycles. The van der Waals surface area contributed by atoms with Gasteiger partial charge >= 0.3 is 0 Å². The average molecular weight is 475 g/mol. The number of hydrogen-bond donors (Lipinski definition) is 3. The highest BCUT2D eigenvalue weighted by molar-refractivity contribution is 5.94. The van der Waals surface area contributed by atoms with Crippen LogP contribution in [-0.4, -0.2) is 64.4 Å². The molecule has 3 N–H and O–H groups in total. The normalized spacial score (nSPS) is 10.8. The Hall–Kier alpha value is -4.11. The summed E-state index contributed by atoms with van der Waals surface area (Å²) in [6, 6.07) is 17.8. The van der Waals surface area contributed by atoms with Gasteiger partial charge in [0, 0.05) is 50.1 Å². The van der Waals surface area contributed by atoms with E-state index in [1.807, 2.05) is 24.3 Å². The van der Waals surface area contributed by atoms with Crippen LogP contribution in [-0.2, 0) is 6.42 Å². The van der Waals surface area contributed by atoms with E-state index in [-0.39, 0.29) is 24.9 Å². The van der Waals surface area contributed by atoms with Crippen LogP contribution in [0.3, 0.4) is 0 Å². The predicted octanol–water partition coefficient (Wildman–Crippen LogP) is 3.34. The summed E-state index contributed by atoms with van der Waals surface area (Å²) in [5.74, 6) is 0.890. The fourth-order valence-electron chi connectivity index (χ4n) is 3.68. The van der Waals surface area contributed by atoms with Crippen LogP contribution in [0.2, 0.25) is 0 Å². The number of benzene rings is 2. The lowest BCUT2D eigenvalue weighted by molar-refractivity contribution is 0.0766. The topological polar surface area (TPSA) is 103 Å². The molecule has 8 nitrogen and oxygen atoms in total. The molecule has 2 heterocycles. The number of anilines is 2. The minimum absolute atomic E-state index is 0.0844. The van der Waals surface area contributed by atoms with Crippen LogP contribution in [0.1, 0.15) is 21.6 Å². The van der Waals surface area contributed by atoms with Crippen molar-refractivity contribution in [3.8, 4) is 0 Å². The third-order valence-corrected chi connectivity index (χ3v) is 5.56. The zero-order chi connectivity index (χ0) is 24.6. The molecular weight excluding hydrogens is 447 g/mol. The van der Waals surface area contributed by atoms with Crippen molar-refractivity contribution in [2.24, 2.45) is 0 Å². The minimum Gasteiger partial charge on any atom is -0.395 e. The SMILES string of the molecule is CN(CCO)C(=O)c1ccc(NCCNc2nnc(Cc3ccc(F)cc3)c3ccccc23)nc1. The van der Waals surface area contributed by atoms with Crippen LogP contribution in [0.4, 0.5) is 16.0 Å².